The summed E-state index contributed by atoms with van der Waals surface area (Å²) in [6, 6.07) is 3.39. The van der Waals surface area contributed by atoms with Crippen LogP contribution in [0.15, 0.2) is 78.6 Å². The molecule has 0 aromatic carbocycles. The number of hydrogen-bond donors (Lipinski definition) is 0. The van der Waals surface area contributed by atoms with Crippen LogP contribution in [0.1, 0.15) is 59.4 Å². The molecule has 0 saturated carbocycles. The average molecular weight is 848 g/mol. The minimum atomic E-state index is -0.313. The fourth-order valence-electron chi connectivity index (χ4n) is 5.60. The van der Waals surface area contributed by atoms with Crippen molar-refractivity contribution < 1.29 is 19.1 Å². The normalized spacial score (nSPS) is 12.0. The summed E-state index contributed by atoms with van der Waals surface area (Å²) < 4.78 is 11.6. The first-order chi connectivity index (χ1) is 26.5. The number of hydrogen-bond acceptors (Lipinski definition) is 12. The summed E-state index contributed by atoms with van der Waals surface area (Å²) in [7, 11) is 3.20. The van der Waals surface area contributed by atoms with Crippen LogP contribution in [0.3, 0.4) is 0 Å². The third kappa shape index (κ3) is 10.5. The van der Waals surface area contributed by atoms with Gasteiger partial charge in [0.25, 0.3) is 0 Å². The number of carbonyl (C=O) groups excluding carboxylic acids is 2. The second-order valence-corrected chi connectivity index (χ2v) is 13.7. The summed E-state index contributed by atoms with van der Waals surface area (Å²) in [5.41, 5.74) is 4.94. The highest BCUT2D eigenvalue weighted by molar-refractivity contribution is 9.10. The SMILES string of the molecule is COC(C)c1c(Br)cncc1CC(=O)Cc1cnc(-n2nccn2)c(Cl)c1.[C-]#[N+]c1cncc(CC(=O)Cc2cnc(-n3nccn3)c(Cl)c2)c1C(C)OC. The molecule has 282 valence electrons. The van der Waals surface area contributed by atoms with Crippen molar-refractivity contribution in [2.75, 3.05) is 14.2 Å². The van der Waals surface area contributed by atoms with E-state index in [0.717, 1.165) is 21.2 Å². The number of carbonyl (C=O) groups is 2. The molecular formula is C37H34BrCl2N11O4. The number of nitrogens with zero attached hydrogens (tertiary/aromatic N) is 11. The Balaban J connectivity index is 0.000000211. The minimum Gasteiger partial charge on any atom is -0.378 e. The molecule has 0 bridgehead atoms. The van der Waals surface area contributed by atoms with E-state index < -0.39 is 0 Å². The standard InChI is InChI=1S/C19H17ClN6O2.C18H17BrClN5O2/c1-12(28-3)18-14(10-22-11-17(18)21-2)8-15(27)6-13-7-16(20)19(23-9-13)26-24-4-5-25-26;1-11(27-2)17-13(9-21-10-15(17)19)7-14(26)5-12-6-16(20)18(22-8-12)25-23-3-4-24-25/h4-5,7,9-12H,6,8H2,1,3H3;3-4,6,8-11H,5,7H2,1-2H3. The van der Waals surface area contributed by atoms with Crippen molar-refractivity contribution in [3.63, 3.8) is 0 Å². The van der Waals surface area contributed by atoms with Gasteiger partial charge in [0.1, 0.15) is 11.6 Å². The molecule has 0 radical (unpaired) electrons. The lowest BCUT2D eigenvalue weighted by Crippen LogP contribution is -2.12. The van der Waals surface area contributed by atoms with Gasteiger partial charge in [0.2, 0.25) is 5.69 Å². The van der Waals surface area contributed by atoms with E-state index in [1.54, 1.807) is 69.7 Å². The maximum Gasteiger partial charge on any atom is 0.211 e. The van der Waals surface area contributed by atoms with Crippen LogP contribution in [-0.4, -0.2) is 75.7 Å². The summed E-state index contributed by atoms with van der Waals surface area (Å²) >= 11 is 16.0. The Morgan fingerprint density at radius 2 is 1.15 bits per heavy atom. The Hall–Kier alpha value is -5.31. The van der Waals surface area contributed by atoms with Gasteiger partial charge in [-0.1, -0.05) is 23.2 Å². The second-order valence-electron chi connectivity index (χ2n) is 12.0. The van der Waals surface area contributed by atoms with Gasteiger partial charge in [-0.25, -0.2) is 14.8 Å². The van der Waals surface area contributed by atoms with E-state index in [0.29, 0.717) is 44.1 Å². The van der Waals surface area contributed by atoms with Gasteiger partial charge in [-0.2, -0.15) is 20.4 Å². The lowest BCUT2D eigenvalue weighted by molar-refractivity contribution is -0.118. The summed E-state index contributed by atoms with van der Waals surface area (Å²) in [6.45, 7) is 11.1. The summed E-state index contributed by atoms with van der Waals surface area (Å²) in [4.78, 5) is 48.1. The van der Waals surface area contributed by atoms with Crippen molar-refractivity contribution in [2.24, 2.45) is 0 Å². The smallest absolute Gasteiger partial charge is 0.211 e. The number of halogens is 3. The van der Waals surface area contributed by atoms with Crippen molar-refractivity contribution in [1.82, 2.24) is 49.9 Å². The molecule has 0 fully saturated rings. The topological polar surface area (TPSA) is 170 Å². The zero-order chi connectivity index (χ0) is 39.5. The Kier molecular flexibility index (Phi) is 14.4. The molecule has 0 N–H and O–H groups in total. The van der Waals surface area contributed by atoms with E-state index in [2.05, 4.69) is 61.1 Å². The number of pyridine rings is 4. The molecule has 18 heteroatoms. The van der Waals surface area contributed by atoms with Gasteiger partial charge >= 0.3 is 0 Å². The predicted molar refractivity (Wildman–Crippen MR) is 206 cm³/mol. The zero-order valence-corrected chi connectivity index (χ0v) is 33.2. The molecule has 0 aliphatic carbocycles. The minimum absolute atomic E-state index is 0.0299. The fraction of sp³-hybridized carbons (Fsp3) is 0.270. The van der Waals surface area contributed by atoms with Crippen LogP contribution in [0.25, 0.3) is 16.5 Å². The van der Waals surface area contributed by atoms with Crippen LogP contribution in [0.5, 0.6) is 0 Å². The number of methoxy groups -OCH3 is 2. The van der Waals surface area contributed by atoms with Gasteiger partial charge in [-0.3, -0.25) is 19.6 Å². The van der Waals surface area contributed by atoms with E-state index >= 15 is 0 Å². The third-order valence-electron chi connectivity index (χ3n) is 8.26. The largest absolute Gasteiger partial charge is 0.378 e. The molecule has 0 spiro atoms. The molecule has 0 aliphatic rings. The molecule has 6 aromatic rings. The van der Waals surface area contributed by atoms with Gasteiger partial charge in [-0.05, 0) is 69.7 Å². The van der Waals surface area contributed by atoms with Gasteiger partial charge in [0, 0.05) is 87.1 Å². The van der Waals surface area contributed by atoms with Crippen molar-refractivity contribution in [3.05, 3.63) is 133 Å². The highest BCUT2D eigenvalue weighted by atomic mass is 79.9. The predicted octanol–water partition coefficient (Wildman–Crippen LogP) is 6.86. The number of ether oxygens (including phenoxy) is 2. The molecule has 6 aromatic heterocycles. The van der Waals surface area contributed by atoms with E-state index in [1.165, 1.54) is 28.2 Å². The van der Waals surface area contributed by atoms with E-state index in [-0.39, 0.29) is 49.5 Å². The quantitative estimate of drug-likeness (QED) is 0.105. The Bertz CT molecular complexity index is 2300. The van der Waals surface area contributed by atoms with Crippen LogP contribution in [0.4, 0.5) is 5.69 Å². The van der Waals surface area contributed by atoms with Crippen molar-refractivity contribution in [2.45, 2.75) is 51.7 Å². The van der Waals surface area contributed by atoms with E-state index in [1.807, 2.05) is 13.8 Å². The summed E-state index contributed by atoms with van der Waals surface area (Å²) in [6.07, 6.45) is 16.1. The molecule has 2 unspecified atom stereocenters. The molecule has 6 rings (SSSR count). The van der Waals surface area contributed by atoms with Crippen molar-refractivity contribution >= 4 is 56.4 Å². The molecule has 0 amide bonds. The molecule has 6 heterocycles. The van der Waals surface area contributed by atoms with Gasteiger partial charge in [0.05, 0.1) is 53.6 Å². The fourth-order valence-corrected chi connectivity index (χ4v) is 6.83. The number of rotatable bonds is 14. The van der Waals surface area contributed by atoms with Crippen molar-refractivity contribution in [1.29, 1.82) is 0 Å². The van der Waals surface area contributed by atoms with Gasteiger partial charge in [-0.15, -0.1) is 9.59 Å². The molecule has 2 atom stereocenters. The lowest BCUT2D eigenvalue weighted by atomic mass is 9.97. The van der Waals surface area contributed by atoms with Gasteiger partial charge in [0.15, 0.2) is 11.6 Å². The molecule has 0 aliphatic heterocycles. The Morgan fingerprint density at radius 3 is 1.58 bits per heavy atom. The molecular weight excluding hydrogens is 813 g/mol. The third-order valence-corrected chi connectivity index (χ3v) is 9.45. The first-order valence-corrected chi connectivity index (χ1v) is 18.1. The Morgan fingerprint density at radius 1 is 0.709 bits per heavy atom. The first kappa shape index (κ1) is 40.9. The van der Waals surface area contributed by atoms with Crippen LogP contribution in [0, 0.1) is 6.57 Å². The first-order valence-electron chi connectivity index (χ1n) is 16.6. The highest BCUT2D eigenvalue weighted by Gasteiger charge is 2.20. The molecule has 15 nitrogen and oxygen atoms in total. The van der Waals surface area contributed by atoms with Crippen molar-refractivity contribution in [3.8, 4) is 11.6 Å². The van der Waals surface area contributed by atoms with Crippen LogP contribution >= 0.6 is 39.1 Å². The Labute approximate surface area is 335 Å². The number of Topliss-reactive ketones (excluding diaryl/α,β-unsaturated/α-hetero) is 2. The van der Waals surface area contributed by atoms with Gasteiger partial charge < -0.3 is 9.47 Å². The second kappa shape index (κ2) is 19.3. The number of ketones is 2. The monoisotopic (exact) mass is 845 g/mol. The summed E-state index contributed by atoms with van der Waals surface area (Å²) in [5, 5.41) is 16.7. The van der Waals surface area contributed by atoms with Crippen LogP contribution < -0.4 is 0 Å². The molecule has 0 saturated heterocycles. The summed E-state index contributed by atoms with van der Waals surface area (Å²) in [5.74, 6) is 0.803. The lowest BCUT2D eigenvalue weighted by Gasteiger charge is -2.16. The highest BCUT2D eigenvalue weighted by Crippen LogP contribution is 2.31. The maximum atomic E-state index is 12.6. The average Bonchev–Trinajstić information content (AvgIpc) is 3.91. The van der Waals surface area contributed by atoms with Crippen LogP contribution in [0.2, 0.25) is 10.0 Å². The van der Waals surface area contributed by atoms with E-state index in [4.69, 9.17) is 39.2 Å². The molecule has 55 heavy (non-hydrogen) atoms. The van der Waals surface area contributed by atoms with E-state index in [9.17, 15) is 9.59 Å². The van der Waals surface area contributed by atoms with Crippen LogP contribution in [-0.2, 0) is 44.7 Å². The maximum absolute atomic E-state index is 12.6. The number of aromatic nitrogens is 10. The zero-order valence-electron chi connectivity index (χ0n) is 30.1.